The summed E-state index contributed by atoms with van der Waals surface area (Å²) in [6.45, 7) is 2.24. The third-order valence-corrected chi connectivity index (χ3v) is 6.65. The predicted octanol–water partition coefficient (Wildman–Crippen LogP) is 8.65. The summed E-state index contributed by atoms with van der Waals surface area (Å²) in [5.41, 5.74) is 1.56. The van der Waals surface area contributed by atoms with Crippen molar-refractivity contribution in [1.82, 2.24) is 0 Å². The summed E-state index contributed by atoms with van der Waals surface area (Å²) in [6, 6.07) is 11.4. The van der Waals surface area contributed by atoms with Gasteiger partial charge < -0.3 is 0 Å². The van der Waals surface area contributed by atoms with E-state index in [-0.39, 0.29) is 11.1 Å². The van der Waals surface area contributed by atoms with Gasteiger partial charge in [-0.1, -0.05) is 61.7 Å². The van der Waals surface area contributed by atoms with Crippen LogP contribution in [-0.2, 0) is 0 Å². The number of benzene rings is 3. The molecule has 0 aromatic heterocycles. The molecule has 0 amide bonds. The fourth-order valence-corrected chi connectivity index (χ4v) is 4.80. The third-order valence-electron chi connectivity index (χ3n) is 6.29. The van der Waals surface area contributed by atoms with Crippen LogP contribution in [0, 0.1) is 23.4 Å². The van der Waals surface area contributed by atoms with Gasteiger partial charge in [-0.2, -0.15) is 0 Å². The number of halogens is 4. The third kappa shape index (κ3) is 4.02. The minimum atomic E-state index is -0.893. The highest BCUT2D eigenvalue weighted by atomic mass is 35.5. The minimum Gasteiger partial charge on any atom is -0.206 e. The van der Waals surface area contributed by atoms with Gasteiger partial charge in [0.1, 0.15) is 22.5 Å². The number of hydrogen-bond acceptors (Lipinski definition) is 0. The van der Waals surface area contributed by atoms with Crippen molar-refractivity contribution >= 4 is 22.4 Å². The first-order valence-corrected chi connectivity index (χ1v) is 10.7. The summed E-state index contributed by atoms with van der Waals surface area (Å²) < 4.78 is 42.8. The van der Waals surface area contributed by atoms with Crippen molar-refractivity contribution in [3.05, 3.63) is 70.5 Å². The second kappa shape index (κ2) is 8.39. The zero-order valence-electron chi connectivity index (χ0n) is 16.5. The summed E-state index contributed by atoms with van der Waals surface area (Å²) in [5.74, 6) is -0.890. The van der Waals surface area contributed by atoms with Crippen LogP contribution < -0.4 is 0 Å². The van der Waals surface area contributed by atoms with Crippen molar-refractivity contribution < 1.29 is 13.2 Å². The maximum absolute atomic E-state index is 15.2. The molecular formula is C25H24ClF3. The van der Waals surface area contributed by atoms with E-state index in [2.05, 4.69) is 13.0 Å². The van der Waals surface area contributed by atoms with E-state index in [1.807, 2.05) is 12.1 Å². The van der Waals surface area contributed by atoms with E-state index in [4.69, 9.17) is 11.6 Å². The molecule has 4 heteroatoms. The minimum absolute atomic E-state index is 0.141. The summed E-state index contributed by atoms with van der Waals surface area (Å²) in [5, 5.41) is 0.698. The van der Waals surface area contributed by atoms with Crippen molar-refractivity contribution in [2.24, 2.45) is 5.92 Å². The average molecular weight is 417 g/mol. The SMILES string of the molecule is CCCC1CCC(c2ccc3c(F)c(-c4cc(F)c(Cl)c(F)c4)ccc3c2)CC1. The van der Waals surface area contributed by atoms with Crippen LogP contribution in [0.2, 0.25) is 5.02 Å². The molecule has 0 N–H and O–H groups in total. The second-order valence-electron chi connectivity index (χ2n) is 8.17. The highest BCUT2D eigenvalue weighted by molar-refractivity contribution is 6.31. The summed E-state index contributed by atoms with van der Waals surface area (Å²) in [4.78, 5) is 0. The smallest absolute Gasteiger partial charge is 0.145 e. The quantitative estimate of drug-likeness (QED) is 0.373. The molecule has 1 fully saturated rings. The molecule has 1 aliphatic rings. The van der Waals surface area contributed by atoms with Crippen LogP contribution in [0.1, 0.15) is 56.9 Å². The first-order valence-electron chi connectivity index (χ1n) is 10.3. The van der Waals surface area contributed by atoms with Crippen molar-refractivity contribution in [2.75, 3.05) is 0 Å². The van der Waals surface area contributed by atoms with Crippen molar-refractivity contribution in [2.45, 2.75) is 51.4 Å². The highest BCUT2D eigenvalue weighted by Gasteiger charge is 2.22. The van der Waals surface area contributed by atoms with E-state index in [1.54, 1.807) is 12.1 Å². The maximum atomic E-state index is 15.2. The zero-order valence-corrected chi connectivity index (χ0v) is 17.2. The van der Waals surface area contributed by atoms with Crippen LogP contribution in [0.5, 0.6) is 0 Å². The van der Waals surface area contributed by atoms with E-state index in [1.165, 1.54) is 44.1 Å². The molecule has 0 atom stereocenters. The molecule has 152 valence electrons. The highest BCUT2D eigenvalue weighted by Crippen LogP contribution is 2.39. The Morgan fingerprint density at radius 2 is 1.59 bits per heavy atom. The Balaban J connectivity index is 1.64. The van der Waals surface area contributed by atoms with Gasteiger partial charge >= 0.3 is 0 Å². The molecule has 3 aromatic carbocycles. The molecule has 29 heavy (non-hydrogen) atoms. The average Bonchev–Trinajstić information content (AvgIpc) is 2.72. The van der Waals surface area contributed by atoms with Crippen LogP contribution in [0.3, 0.4) is 0 Å². The van der Waals surface area contributed by atoms with E-state index >= 15 is 4.39 Å². The Morgan fingerprint density at radius 1 is 0.897 bits per heavy atom. The van der Waals surface area contributed by atoms with Gasteiger partial charge in [0, 0.05) is 10.9 Å². The largest absolute Gasteiger partial charge is 0.206 e. The zero-order chi connectivity index (χ0) is 20.5. The second-order valence-corrected chi connectivity index (χ2v) is 8.55. The first kappa shape index (κ1) is 20.3. The molecule has 0 saturated heterocycles. The van der Waals surface area contributed by atoms with E-state index < -0.39 is 22.5 Å². The van der Waals surface area contributed by atoms with E-state index in [0.717, 1.165) is 23.4 Å². The lowest BCUT2D eigenvalue weighted by atomic mass is 9.77. The Morgan fingerprint density at radius 3 is 2.24 bits per heavy atom. The molecule has 0 heterocycles. The van der Waals surface area contributed by atoms with Gasteiger partial charge in [-0.15, -0.1) is 0 Å². The van der Waals surface area contributed by atoms with Crippen LogP contribution in [0.15, 0.2) is 42.5 Å². The monoisotopic (exact) mass is 416 g/mol. The van der Waals surface area contributed by atoms with Gasteiger partial charge in [0.2, 0.25) is 0 Å². The molecule has 0 nitrogen and oxygen atoms in total. The molecular weight excluding hydrogens is 393 g/mol. The van der Waals surface area contributed by atoms with Crippen LogP contribution in [0.25, 0.3) is 21.9 Å². The standard InChI is InChI=1S/C25H24ClF3/c1-2-3-15-4-6-16(7-5-15)17-8-10-20-18(12-17)9-11-21(25(20)29)19-13-22(27)24(26)23(28)14-19/h8-16H,2-7H2,1H3. The molecule has 3 aromatic rings. The molecule has 0 aliphatic heterocycles. The van der Waals surface area contributed by atoms with Crippen LogP contribution in [0.4, 0.5) is 13.2 Å². The lowest BCUT2D eigenvalue weighted by Crippen LogP contribution is -2.13. The van der Waals surface area contributed by atoms with E-state index in [0.29, 0.717) is 11.3 Å². The van der Waals surface area contributed by atoms with Gasteiger partial charge in [-0.25, -0.2) is 13.2 Å². The Bertz CT molecular complexity index is 1010. The number of hydrogen-bond donors (Lipinski definition) is 0. The van der Waals surface area contributed by atoms with Gasteiger partial charge in [-0.05, 0) is 66.2 Å². The van der Waals surface area contributed by atoms with Crippen LogP contribution >= 0.6 is 11.6 Å². The van der Waals surface area contributed by atoms with E-state index in [9.17, 15) is 8.78 Å². The fourth-order valence-electron chi connectivity index (χ4n) is 4.69. The summed E-state index contributed by atoms with van der Waals surface area (Å²) in [7, 11) is 0. The summed E-state index contributed by atoms with van der Waals surface area (Å²) in [6.07, 6.45) is 7.44. The predicted molar refractivity (Wildman–Crippen MR) is 114 cm³/mol. The molecule has 0 radical (unpaired) electrons. The fraction of sp³-hybridized carbons (Fsp3) is 0.360. The summed E-state index contributed by atoms with van der Waals surface area (Å²) >= 11 is 5.55. The topological polar surface area (TPSA) is 0 Å². The molecule has 1 aliphatic carbocycles. The van der Waals surface area contributed by atoms with Crippen molar-refractivity contribution in [3.8, 4) is 11.1 Å². The number of fused-ring (bicyclic) bond motifs is 1. The van der Waals surface area contributed by atoms with Gasteiger partial charge in [0.25, 0.3) is 0 Å². The Labute approximate surface area is 174 Å². The normalized spacial score (nSPS) is 19.6. The molecule has 1 saturated carbocycles. The van der Waals surface area contributed by atoms with Gasteiger partial charge in [0.15, 0.2) is 0 Å². The van der Waals surface area contributed by atoms with Crippen molar-refractivity contribution in [3.63, 3.8) is 0 Å². The lowest BCUT2D eigenvalue weighted by molar-refractivity contribution is 0.308. The first-order chi connectivity index (χ1) is 14.0. The van der Waals surface area contributed by atoms with Crippen LogP contribution in [-0.4, -0.2) is 0 Å². The molecule has 0 spiro atoms. The molecule has 0 unspecified atom stereocenters. The Kier molecular flexibility index (Phi) is 5.87. The Hall–Kier alpha value is -2.00. The lowest BCUT2D eigenvalue weighted by Gasteiger charge is -2.28. The number of rotatable bonds is 4. The molecule has 4 rings (SSSR count). The van der Waals surface area contributed by atoms with Gasteiger partial charge in [-0.3, -0.25) is 0 Å². The molecule has 0 bridgehead atoms. The van der Waals surface area contributed by atoms with Crippen molar-refractivity contribution in [1.29, 1.82) is 0 Å². The van der Waals surface area contributed by atoms with Gasteiger partial charge in [0.05, 0.1) is 0 Å². The maximum Gasteiger partial charge on any atom is 0.145 e.